The molecule has 34 heavy (non-hydrogen) atoms. The van der Waals surface area contributed by atoms with E-state index in [0.717, 1.165) is 34.6 Å². The van der Waals surface area contributed by atoms with Crippen LogP contribution in [0.3, 0.4) is 0 Å². The number of ether oxygens (including phenoxy) is 1. The molecule has 0 spiro atoms. The molecule has 0 bridgehead atoms. The average Bonchev–Trinajstić information content (AvgIpc) is 3.53. The summed E-state index contributed by atoms with van der Waals surface area (Å²) in [5, 5.41) is 18.7. The smallest absolute Gasteiger partial charge is 0.268 e. The van der Waals surface area contributed by atoms with Crippen molar-refractivity contribution in [1.82, 2.24) is 20.9 Å². The number of amides is 3. The van der Waals surface area contributed by atoms with E-state index in [4.69, 9.17) is 4.74 Å². The van der Waals surface area contributed by atoms with Gasteiger partial charge in [0.25, 0.3) is 5.91 Å². The van der Waals surface area contributed by atoms with Crippen molar-refractivity contribution in [2.45, 2.75) is 50.6 Å². The van der Waals surface area contributed by atoms with Gasteiger partial charge in [-0.3, -0.25) is 14.4 Å². The summed E-state index contributed by atoms with van der Waals surface area (Å²) < 4.78 is 6.18. The molecule has 2 heterocycles. The second-order valence-corrected chi connectivity index (χ2v) is 9.84. The highest BCUT2D eigenvalue weighted by Crippen LogP contribution is 2.34. The molecule has 2 unspecified atom stereocenters. The summed E-state index contributed by atoms with van der Waals surface area (Å²) in [4.78, 5) is 41.3. The Morgan fingerprint density at radius 2 is 2.06 bits per heavy atom. The van der Waals surface area contributed by atoms with Crippen LogP contribution in [0, 0.1) is 23.2 Å². The van der Waals surface area contributed by atoms with Gasteiger partial charge in [-0.05, 0) is 65.7 Å². The van der Waals surface area contributed by atoms with Crippen LogP contribution in [-0.2, 0) is 9.59 Å². The fourth-order valence-corrected chi connectivity index (χ4v) is 4.82. The number of carbonyl (C=O) groups excluding carboxylic acids is 3. The van der Waals surface area contributed by atoms with E-state index in [0.29, 0.717) is 36.7 Å². The standard InChI is InChI=1S/C24H28BrN5O4/c1-34-20-7-6-17(25)21-16(20)11-19(29-21)24(33)30-18(9-13-4-5-13)23(32)28-15(12-26)10-14-3-2-8-27-22(14)31/h6-7,11,13-15,18,29H,2-5,8-10H2,1H3,(H,27,31)(H,28,32)(H,30,33)/t14?,15-,18?/m0/s1. The number of aromatic amines is 1. The molecule has 1 aliphatic carbocycles. The van der Waals surface area contributed by atoms with Gasteiger partial charge in [-0.1, -0.05) is 12.8 Å². The normalized spacial score (nSPS) is 19.6. The SMILES string of the molecule is COc1ccc(Br)c2[nH]c(C(=O)NC(CC3CC3)C(=O)N[C@H](C#N)CC3CCCNC3=O)cc12. The van der Waals surface area contributed by atoms with Crippen molar-refractivity contribution in [1.29, 1.82) is 5.26 Å². The molecule has 1 aromatic heterocycles. The predicted octanol–water partition coefficient (Wildman–Crippen LogP) is 2.76. The topological polar surface area (TPSA) is 136 Å². The van der Waals surface area contributed by atoms with Crippen LogP contribution in [0.4, 0.5) is 0 Å². The maximum atomic E-state index is 13.1. The molecule has 180 valence electrons. The average molecular weight is 530 g/mol. The predicted molar refractivity (Wildman–Crippen MR) is 129 cm³/mol. The molecule has 2 fully saturated rings. The Labute approximate surface area is 206 Å². The van der Waals surface area contributed by atoms with Crippen LogP contribution in [0.1, 0.15) is 49.0 Å². The Morgan fingerprint density at radius 3 is 2.74 bits per heavy atom. The molecule has 2 aliphatic rings. The maximum absolute atomic E-state index is 13.1. The summed E-state index contributed by atoms with van der Waals surface area (Å²) in [5.74, 6) is -0.190. The van der Waals surface area contributed by atoms with Crippen molar-refractivity contribution >= 4 is 44.6 Å². The van der Waals surface area contributed by atoms with Gasteiger partial charge in [0.2, 0.25) is 11.8 Å². The van der Waals surface area contributed by atoms with Crippen molar-refractivity contribution in [2.24, 2.45) is 11.8 Å². The third-order valence-corrected chi connectivity index (χ3v) is 7.11. The zero-order valence-electron chi connectivity index (χ0n) is 18.9. The number of hydrogen-bond donors (Lipinski definition) is 4. The highest BCUT2D eigenvalue weighted by Gasteiger charge is 2.33. The Hall–Kier alpha value is -3.06. The molecule has 9 nitrogen and oxygen atoms in total. The van der Waals surface area contributed by atoms with Gasteiger partial charge in [0.05, 0.1) is 18.7 Å². The maximum Gasteiger partial charge on any atom is 0.268 e. The molecule has 4 N–H and O–H groups in total. The Balaban J connectivity index is 1.46. The summed E-state index contributed by atoms with van der Waals surface area (Å²) in [6.45, 7) is 0.643. The van der Waals surface area contributed by atoms with Gasteiger partial charge in [-0.2, -0.15) is 5.26 Å². The lowest BCUT2D eigenvalue weighted by Crippen LogP contribution is -2.50. The first-order chi connectivity index (χ1) is 16.4. The molecule has 1 aromatic carbocycles. The molecular formula is C24H28BrN5O4. The molecule has 1 aliphatic heterocycles. The van der Waals surface area contributed by atoms with E-state index in [1.165, 1.54) is 0 Å². The number of nitrogens with one attached hydrogen (secondary N) is 4. The fraction of sp³-hybridized carbons (Fsp3) is 0.500. The van der Waals surface area contributed by atoms with Crippen LogP contribution in [0.15, 0.2) is 22.7 Å². The number of carbonyl (C=O) groups is 3. The molecule has 1 saturated heterocycles. The van der Waals surface area contributed by atoms with Gasteiger partial charge in [-0.15, -0.1) is 0 Å². The van der Waals surface area contributed by atoms with E-state index in [1.807, 2.05) is 6.07 Å². The summed E-state index contributed by atoms with van der Waals surface area (Å²) >= 11 is 3.48. The van der Waals surface area contributed by atoms with Crippen LogP contribution in [0.5, 0.6) is 5.75 Å². The number of rotatable bonds is 9. The number of nitriles is 1. The van der Waals surface area contributed by atoms with E-state index in [2.05, 4.69) is 42.9 Å². The lowest BCUT2D eigenvalue weighted by Gasteiger charge is -2.25. The first kappa shape index (κ1) is 24.1. The third-order valence-electron chi connectivity index (χ3n) is 6.45. The summed E-state index contributed by atoms with van der Waals surface area (Å²) in [7, 11) is 1.56. The Morgan fingerprint density at radius 1 is 1.26 bits per heavy atom. The van der Waals surface area contributed by atoms with Gasteiger partial charge in [0.1, 0.15) is 23.5 Å². The molecule has 0 radical (unpaired) electrons. The number of hydrogen-bond acceptors (Lipinski definition) is 5. The number of nitrogens with zero attached hydrogens (tertiary/aromatic N) is 1. The second-order valence-electron chi connectivity index (χ2n) is 8.98. The number of methoxy groups -OCH3 is 1. The third kappa shape index (κ3) is 5.53. The van der Waals surface area contributed by atoms with Gasteiger partial charge >= 0.3 is 0 Å². The zero-order valence-corrected chi connectivity index (χ0v) is 20.5. The van der Waals surface area contributed by atoms with Crippen LogP contribution in [0.25, 0.3) is 10.9 Å². The van der Waals surface area contributed by atoms with E-state index in [-0.39, 0.29) is 18.2 Å². The first-order valence-electron chi connectivity index (χ1n) is 11.5. The second kappa shape index (κ2) is 10.5. The van der Waals surface area contributed by atoms with Gasteiger partial charge in [0, 0.05) is 22.3 Å². The fourth-order valence-electron chi connectivity index (χ4n) is 4.38. The van der Waals surface area contributed by atoms with E-state index in [9.17, 15) is 19.6 Å². The van der Waals surface area contributed by atoms with Crippen molar-refractivity contribution < 1.29 is 19.1 Å². The molecule has 1 saturated carbocycles. The number of halogens is 1. The highest BCUT2D eigenvalue weighted by molar-refractivity contribution is 9.10. The number of piperidine rings is 1. The van der Waals surface area contributed by atoms with Crippen LogP contribution >= 0.6 is 15.9 Å². The van der Waals surface area contributed by atoms with Crippen molar-refractivity contribution in [3.63, 3.8) is 0 Å². The summed E-state index contributed by atoms with van der Waals surface area (Å²) in [6, 6.07) is 5.86. The van der Waals surface area contributed by atoms with Crippen LogP contribution in [0.2, 0.25) is 0 Å². The molecule has 3 amide bonds. The largest absolute Gasteiger partial charge is 0.496 e. The number of aromatic nitrogens is 1. The lowest BCUT2D eigenvalue weighted by molar-refractivity contribution is -0.128. The van der Waals surface area contributed by atoms with Crippen LogP contribution in [-0.4, -0.2) is 48.4 Å². The monoisotopic (exact) mass is 529 g/mol. The minimum atomic E-state index is -0.798. The van der Waals surface area contributed by atoms with Gasteiger partial charge in [-0.25, -0.2) is 0 Å². The first-order valence-corrected chi connectivity index (χ1v) is 12.3. The van der Waals surface area contributed by atoms with Crippen molar-refractivity contribution in [2.75, 3.05) is 13.7 Å². The van der Waals surface area contributed by atoms with Crippen molar-refractivity contribution in [3.8, 4) is 11.8 Å². The van der Waals surface area contributed by atoms with Crippen LogP contribution < -0.4 is 20.7 Å². The molecule has 10 heteroatoms. The van der Waals surface area contributed by atoms with Crippen molar-refractivity contribution in [3.05, 3.63) is 28.4 Å². The quantitative estimate of drug-likeness (QED) is 0.395. The number of fused-ring (bicyclic) bond motifs is 1. The Kier molecular flexibility index (Phi) is 7.41. The molecule has 4 rings (SSSR count). The molecular weight excluding hydrogens is 502 g/mol. The van der Waals surface area contributed by atoms with Gasteiger partial charge in [0.15, 0.2) is 0 Å². The van der Waals surface area contributed by atoms with E-state index < -0.39 is 23.9 Å². The molecule has 2 aromatic rings. The minimum absolute atomic E-state index is 0.0796. The Bertz CT molecular complexity index is 1140. The number of benzene rings is 1. The van der Waals surface area contributed by atoms with Gasteiger partial charge < -0.3 is 25.7 Å². The van der Waals surface area contributed by atoms with E-state index in [1.54, 1.807) is 19.2 Å². The van der Waals surface area contributed by atoms with E-state index >= 15 is 0 Å². The number of H-pyrrole nitrogens is 1. The molecule has 3 atom stereocenters. The summed E-state index contributed by atoms with van der Waals surface area (Å²) in [6.07, 6.45) is 4.34. The zero-order chi connectivity index (χ0) is 24.2. The summed E-state index contributed by atoms with van der Waals surface area (Å²) in [5.41, 5.74) is 1.03. The minimum Gasteiger partial charge on any atom is -0.496 e. The lowest BCUT2D eigenvalue weighted by atomic mass is 9.92. The highest BCUT2D eigenvalue weighted by atomic mass is 79.9.